The Kier molecular flexibility index (Phi) is 6.78. The lowest BCUT2D eigenvalue weighted by atomic mass is 10.1. The van der Waals surface area contributed by atoms with E-state index in [1.807, 2.05) is 18.5 Å². The van der Waals surface area contributed by atoms with Gasteiger partial charge in [-0.25, -0.2) is 12.7 Å². The Hall–Kier alpha value is -1.92. The summed E-state index contributed by atoms with van der Waals surface area (Å²) < 4.78 is 26.6. The highest BCUT2D eigenvalue weighted by Gasteiger charge is 2.24. The molecule has 1 aliphatic heterocycles. The molecule has 1 aromatic heterocycles. The molecule has 144 valence electrons. The molecule has 1 saturated heterocycles. The first-order chi connectivity index (χ1) is 12.2. The molecule has 2 rings (SSSR count). The Morgan fingerprint density at radius 3 is 2.62 bits per heavy atom. The predicted molar refractivity (Wildman–Crippen MR) is 97.9 cm³/mol. The van der Waals surface area contributed by atoms with Gasteiger partial charge >= 0.3 is 0 Å². The average molecular weight is 382 g/mol. The second-order valence-electron chi connectivity index (χ2n) is 6.68. The van der Waals surface area contributed by atoms with E-state index in [1.54, 1.807) is 4.90 Å². The minimum atomic E-state index is -3.21. The van der Waals surface area contributed by atoms with E-state index in [9.17, 15) is 13.2 Å². The van der Waals surface area contributed by atoms with Crippen LogP contribution < -0.4 is 0 Å². The molecule has 0 aromatic carbocycles. The molecule has 2 heterocycles. The SMILES string of the molecule is Cc1nn(CCC#N)c(C)c1CCC(=O)N1CCCN(S(C)(=O)=O)CC1. The molecule has 1 amide bonds. The molecule has 0 unspecified atom stereocenters. The highest BCUT2D eigenvalue weighted by Crippen LogP contribution is 2.17. The van der Waals surface area contributed by atoms with Gasteiger partial charge in [0.05, 0.1) is 31.0 Å². The van der Waals surface area contributed by atoms with Gasteiger partial charge in [-0.15, -0.1) is 0 Å². The maximum Gasteiger partial charge on any atom is 0.222 e. The molecule has 0 atom stereocenters. The molecule has 1 fully saturated rings. The molecule has 1 aromatic rings. The quantitative estimate of drug-likeness (QED) is 0.727. The summed E-state index contributed by atoms with van der Waals surface area (Å²) >= 11 is 0. The Bertz CT molecular complexity index is 794. The van der Waals surface area contributed by atoms with E-state index < -0.39 is 10.0 Å². The third-order valence-corrected chi connectivity index (χ3v) is 6.14. The van der Waals surface area contributed by atoms with Crippen molar-refractivity contribution in [3.63, 3.8) is 0 Å². The fraction of sp³-hybridized carbons (Fsp3) is 0.706. The van der Waals surface area contributed by atoms with Gasteiger partial charge < -0.3 is 4.90 Å². The number of carbonyl (C=O) groups is 1. The molecule has 1 aliphatic rings. The van der Waals surface area contributed by atoms with Gasteiger partial charge in [-0.1, -0.05) is 0 Å². The van der Waals surface area contributed by atoms with Crippen LogP contribution in [0.15, 0.2) is 0 Å². The van der Waals surface area contributed by atoms with Crippen LogP contribution in [0.3, 0.4) is 0 Å². The number of nitrogens with zero attached hydrogens (tertiary/aromatic N) is 5. The third-order valence-electron chi connectivity index (χ3n) is 4.83. The third kappa shape index (κ3) is 5.05. The summed E-state index contributed by atoms with van der Waals surface area (Å²) in [7, 11) is -3.21. The molecule has 0 bridgehead atoms. The monoisotopic (exact) mass is 381 g/mol. The summed E-state index contributed by atoms with van der Waals surface area (Å²) in [4.78, 5) is 14.3. The van der Waals surface area contributed by atoms with Gasteiger partial charge in [0.25, 0.3) is 0 Å². The molecule has 26 heavy (non-hydrogen) atoms. The molecule has 8 nitrogen and oxygen atoms in total. The Morgan fingerprint density at radius 1 is 1.23 bits per heavy atom. The summed E-state index contributed by atoms with van der Waals surface area (Å²) in [6.45, 7) is 6.29. The lowest BCUT2D eigenvalue weighted by Gasteiger charge is -2.21. The van der Waals surface area contributed by atoms with Gasteiger partial charge in [-0.2, -0.15) is 10.4 Å². The summed E-state index contributed by atoms with van der Waals surface area (Å²) in [5, 5.41) is 13.2. The van der Waals surface area contributed by atoms with Crippen molar-refractivity contribution in [2.45, 2.75) is 46.1 Å². The number of carbonyl (C=O) groups excluding carboxylic acids is 1. The zero-order valence-electron chi connectivity index (χ0n) is 15.7. The van der Waals surface area contributed by atoms with E-state index in [0.29, 0.717) is 58.4 Å². The summed E-state index contributed by atoms with van der Waals surface area (Å²) in [6.07, 6.45) is 3.26. The summed E-state index contributed by atoms with van der Waals surface area (Å²) in [5.74, 6) is 0.0453. The van der Waals surface area contributed by atoms with Crippen molar-refractivity contribution in [2.75, 3.05) is 32.4 Å². The molecule has 0 radical (unpaired) electrons. The number of nitriles is 1. The van der Waals surface area contributed by atoms with Crippen LogP contribution in [0, 0.1) is 25.2 Å². The zero-order chi connectivity index (χ0) is 19.3. The summed E-state index contributed by atoms with van der Waals surface area (Å²) in [6, 6.07) is 2.12. The fourth-order valence-electron chi connectivity index (χ4n) is 3.33. The maximum atomic E-state index is 12.6. The molecular weight excluding hydrogens is 354 g/mol. The number of aromatic nitrogens is 2. The van der Waals surface area contributed by atoms with Gasteiger partial charge in [0.1, 0.15) is 0 Å². The van der Waals surface area contributed by atoms with Crippen molar-refractivity contribution >= 4 is 15.9 Å². The van der Waals surface area contributed by atoms with Crippen LogP contribution >= 0.6 is 0 Å². The predicted octanol–water partition coefficient (Wildman–Crippen LogP) is 0.840. The largest absolute Gasteiger partial charge is 0.341 e. The standard InChI is InChI=1S/C17H27N5O3S/c1-14-16(15(2)22(19-14)11-4-8-18)6-7-17(23)20-9-5-10-21(13-12-20)26(3,24)25/h4-7,9-13H2,1-3H3. The zero-order valence-corrected chi connectivity index (χ0v) is 16.5. The molecule has 0 saturated carbocycles. The van der Waals surface area contributed by atoms with E-state index in [-0.39, 0.29) is 5.91 Å². The number of amides is 1. The van der Waals surface area contributed by atoms with Crippen LogP contribution in [0.4, 0.5) is 0 Å². The normalized spacial score (nSPS) is 16.3. The first-order valence-electron chi connectivity index (χ1n) is 8.86. The number of sulfonamides is 1. The van der Waals surface area contributed by atoms with Crippen molar-refractivity contribution < 1.29 is 13.2 Å². The molecule has 0 spiro atoms. The molecule has 0 N–H and O–H groups in total. The fourth-order valence-corrected chi connectivity index (χ4v) is 4.21. The van der Waals surface area contributed by atoms with Gasteiger partial charge in [0.15, 0.2) is 0 Å². The van der Waals surface area contributed by atoms with Crippen LogP contribution in [-0.2, 0) is 27.8 Å². The van der Waals surface area contributed by atoms with Crippen molar-refractivity contribution in [1.82, 2.24) is 19.0 Å². The molecule has 0 aliphatic carbocycles. The first-order valence-corrected chi connectivity index (χ1v) is 10.7. The van der Waals surface area contributed by atoms with E-state index in [0.717, 1.165) is 17.0 Å². The van der Waals surface area contributed by atoms with Crippen LogP contribution in [-0.4, -0.2) is 65.7 Å². The molecular formula is C17H27N5O3S. The second kappa shape index (κ2) is 8.64. The second-order valence-corrected chi connectivity index (χ2v) is 8.66. The molecule has 9 heteroatoms. The van der Waals surface area contributed by atoms with Gasteiger partial charge in [-0.3, -0.25) is 9.48 Å². The van der Waals surface area contributed by atoms with Crippen molar-refractivity contribution in [1.29, 1.82) is 5.26 Å². The topological polar surface area (TPSA) is 99.3 Å². The number of hydrogen-bond acceptors (Lipinski definition) is 5. The first kappa shape index (κ1) is 20.4. The van der Waals surface area contributed by atoms with Crippen molar-refractivity contribution in [3.8, 4) is 6.07 Å². The number of hydrogen-bond donors (Lipinski definition) is 0. The Morgan fingerprint density at radius 2 is 1.96 bits per heavy atom. The number of aryl methyl sites for hydroxylation is 2. The summed E-state index contributed by atoms with van der Waals surface area (Å²) in [5.41, 5.74) is 2.96. The lowest BCUT2D eigenvalue weighted by Crippen LogP contribution is -2.37. The Labute approximate surface area is 155 Å². The van der Waals surface area contributed by atoms with Crippen LogP contribution in [0.5, 0.6) is 0 Å². The average Bonchev–Trinajstić information content (AvgIpc) is 2.76. The van der Waals surface area contributed by atoms with Gasteiger partial charge in [0, 0.05) is 38.3 Å². The van der Waals surface area contributed by atoms with E-state index in [4.69, 9.17) is 5.26 Å². The van der Waals surface area contributed by atoms with Crippen molar-refractivity contribution in [3.05, 3.63) is 17.0 Å². The lowest BCUT2D eigenvalue weighted by molar-refractivity contribution is -0.131. The van der Waals surface area contributed by atoms with Crippen LogP contribution in [0.25, 0.3) is 0 Å². The van der Waals surface area contributed by atoms with Crippen LogP contribution in [0.2, 0.25) is 0 Å². The van der Waals surface area contributed by atoms with Crippen LogP contribution in [0.1, 0.15) is 36.2 Å². The Balaban J connectivity index is 1.95. The van der Waals surface area contributed by atoms with Gasteiger partial charge in [0.2, 0.25) is 15.9 Å². The van der Waals surface area contributed by atoms with E-state index in [1.165, 1.54) is 10.6 Å². The highest BCUT2D eigenvalue weighted by atomic mass is 32.2. The van der Waals surface area contributed by atoms with E-state index >= 15 is 0 Å². The minimum absolute atomic E-state index is 0.0453. The van der Waals surface area contributed by atoms with Gasteiger partial charge in [-0.05, 0) is 32.3 Å². The highest BCUT2D eigenvalue weighted by molar-refractivity contribution is 7.88. The number of rotatable bonds is 6. The smallest absolute Gasteiger partial charge is 0.222 e. The van der Waals surface area contributed by atoms with Crippen molar-refractivity contribution in [2.24, 2.45) is 0 Å². The minimum Gasteiger partial charge on any atom is -0.341 e. The maximum absolute atomic E-state index is 12.6. The van der Waals surface area contributed by atoms with E-state index in [2.05, 4.69) is 11.2 Å².